The van der Waals surface area contributed by atoms with Gasteiger partial charge in [-0.3, -0.25) is 24.0 Å². The molecule has 0 radical (unpaired) electrons. The second kappa shape index (κ2) is 14.2. The molecular weight excluding hydrogens is 646 g/mol. The van der Waals surface area contributed by atoms with Crippen molar-refractivity contribution in [1.29, 1.82) is 0 Å². The van der Waals surface area contributed by atoms with Crippen molar-refractivity contribution < 1.29 is 38.2 Å². The van der Waals surface area contributed by atoms with E-state index in [1.807, 2.05) is 0 Å². The number of ketones is 1. The van der Waals surface area contributed by atoms with Gasteiger partial charge in [0.15, 0.2) is 0 Å². The molecule has 15 heteroatoms. The topological polar surface area (TPSA) is 212 Å². The first-order chi connectivity index (χ1) is 23.9. The van der Waals surface area contributed by atoms with Gasteiger partial charge in [-0.1, -0.05) is 37.3 Å². The number of aliphatic hydroxyl groups is 1. The summed E-state index contributed by atoms with van der Waals surface area (Å²) < 4.78 is 12.3. The summed E-state index contributed by atoms with van der Waals surface area (Å²) in [6, 6.07) is 4.89. The lowest BCUT2D eigenvalue weighted by atomic mass is 9.84. The average Bonchev–Trinajstić information content (AvgIpc) is 3.87. The van der Waals surface area contributed by atoms with E-state index < -0.39 is 52.6 Å². The molecule has 1 aromatic carbocycles. The number of carbonyl (C=O) groups excluding carboxylic acids is 5. The lowest BCUT2D eigenvalue weighted by Gasteiger charge is -2.37. The zero-order chi connectivity index (χ0) is 35.6. The third-order valence-corrected chi connectivity index (χ3v) is 10.1. The summed E-state index contributed by atoms with van der Waals surface area (Å²) in [5.41, 5.74) is 3.77. The van der Waals surface area contributed by atoms with Crippen molar-refractivity contribution in [2.45, 2.75) is 94.9 Å². The van der Waals surface area contributed by atoms with Crippen LogP contribution in [-0.2, 0) is 29.5 Å². The number of primary amides is 1. The summed E-state index contributed by atoms with van der Waals surface area (Å²) in [6.07, 6.45) is 8.14. The highest BCUT2D eigenvalue weighted by Crippen LogP contribution is 2.34. The Morgan fingerprint density at radius 3 is 2.54 bits per heavy atom. The Kier molecular flexibility index (Phi) is 9.98. The molecule has 6 rings (SSSR count). The molecule has 1 saturated carbocycles. The number of furan rings is 1. The largest absolute Gasteiger partial charge is 0.464 e. The highest BCUT2D eigenvalue weighted by molar-refractivity contribution is 6.41. The average molecular weight is 690 g/mol. The summed E-state index contributed by atoms with van der Waals surface area (Å²) in [5, 5.41) is 22.5. The Morgan fingerprint density at radius 2 is 1.84 bits per heavy atom. The highest BCUT2D eigenvalue weighted by atomic mass is 16.5. The second-order valence-electron chi connectivity index (χ2n) is 14.1. The van der Waals surface area contributed by atoms with Crippen LogP contribution in [0.1, 0.15) is 93.7 Å². The molecule has 0 unspecified atom stereocenters. The monoisotopic (exact) mass is 689 g/mol. The smallest absolute Gasteiger partial charge is 0.287 e. The number of ether oxygens (including phenoxy) is 1. The maximum Gasteiger partial charge on any atom is 0.287 e. The molecule has 3 aliphatic rings. The first-order valence-electron chi connectivity index (χ1n) is 17.1. The summed E-state index contributed by atoms with van der Waals surface area (Å²) >= 11 is 0. The van der Waals surface area contributed by atoms with E-state index in [1.54, 1.807) is 38.1 Å². The first-order valence-corrected chi connectivity index (χ1v) is 17.1. The SMILES string of the molecule is CC(C)(O)c1cnnn1[C@H]1C[C@@H](C(=O)NC2(C(=O)C(N)=O)CCOCC2)N(C(=O)C(CC2CCCCC2)=NC(=O)c2ccc3occc3c2)C1. The third kappa shape index (κ3) is 7.24. The fourth-order valence-electron chi connectivity index (χ4n) is 7.40. The number of benzene rings is 1. The van der Waals surface area contributed by atoms with Crippen LogP contribution < -0.4 is 11.1 Å². The molecule has 4 N–H and O–H groups in total. The van der Waals surface area contributed by atoms with Crippen LogP contribution in [0.5, 0.6) is 0 Å². The van der Waals surface area contributed by atoms with Crippen molar-refractivity contribution >= 4 is 46.1 Å². The minimum atomic E-state index is -1.60. The number of likely N-dealkylation sites (tertiary alicyclic amines) is 1. The molecule has 15 nitrogen and oxygen atoms in total. The van der Waals surface area contributed by atoms with E-state index in [4.69, 9.17) is 14.9 Å². The van der Waals surface area contributed by atoms with E-state index in [9.17, 15) is 29.1 Å². The number of nitrogens with zero attached hydrogens (tertiary/aromatic N) is 5. The molecule has 3 fully saturated rings. The van der Waals surface area contributed by atoms with Gasteiger partial charge < -0.3 is 30.2 Å². The molecule has 2 aromatic heterocycles. The lowest BCUT2D eigenvalue weighted by Crippen LogP contribution is -2.63. The Hall–Kier alpha value is -4.76. The van der Waals surface area contributed by atoms with Crippen LogP contribution in [0, 0.1) is 5.92 Å². The fraction of sp³-hybridized carbons (Fsp3) is 0.543. The van der Waals surface area contributed by atoms with Crippen molar-refractivity contribution in [3.8, 4) is 0 Å². The van der Waals surface area contributed by atoms with Crippen molar-refractivity contribution in [2.75, 3.05) is 19.8 Å². The molecule has 4 amide bonds. The van der Waals surface area contributed by atoms with Crippen LogP contribution in [0.3, 0.4) is 0 Å². The van der Waals surface area contributed by atoms with Gasteiger partial charge in [0.05, 0.1) is 24.2 Å². The van der Waals surface area contributed by atoms with Gasteiger partial charge in [0.25, 0.3) is 17.7 Å². The molecule has 2 saturated heterocycles. The van der Waals surface area contributed by atoms with E-state index in [2.05, 4.69) is 20.6 Å². The van der Waals surface area contributed by atoms with Gasteiger partial charge in [0.2, 0.25) is 11.7 Å². The van der Waals surface area contributed by atoms with Gasteiger partial charge in [-0.2, -0.15) is 0 Å². The number of nitrogens with one attached hydrogen (secondary N) is 1. The highest BCUT2D eigenvalue weighted by Gasteiger charge is 2.49. The molecule has 4 heterocycles. The number of amides is 4. The fourth-order valence-corrected chi connectivity index (χ4v) is 7.40. The van der Waals surface area contributed by atoms with E-state index in [0.29, 0.717) is 16.7 Å². The number of aromatic nitrogens is 3. The maximum absolute atomic E-state index is 14.7. The summed E-state index contributed by atoms with van der Waals surface area (Å²) in [6.45, 7) is 3.37. The lowest BCUT2D eigenvalue weighted by molar-refractivity contribution is -0.146. The van der Waals surface area contributed by atoms with Gasteiger partial charge in [-0.15, -0.1) is 5.10 Å². The number of nitrogens with two attached hydrogens (primary N) is 1. The number of hydrogen-bond donors (Lipinski definition) is 3. The van der Waals surface area contributed by atoms with Crippen molar-refractivity contribution in [2.24, 2.45) is 16.6 Å². The van der Waals surface area contributed by atoms with Crippen LogP contribution in [-0.4, -0.2) is 91.5 Å². The van der Waals surface area contributed by atoms with E-state index in [0.717, 1.165) is 32.1 Å². The molecule has 2 atom stereocenters. The molecule has 266 valence electrons. The Bertz CT molecular complexity index is 1810. The number of Topliss-reactive ketones (excluding diaryl/α,β-unsaturated/α-hetero) is 1. The number of carbonyl (C=O) groups is 5. The van der Waals surface area contributed by atoms with Crippen LogP contribution in [0.25, 0.3) is 11.0 Å². The molecule has 0 bridgehead atoms. The van der Waals surface area contributed by atoms with Gasteiger partial charge in [-0.05, 0) is 50.5 Å². The van der Waals surface area contributed by atoms with Gasteiger partial charge in [-0.25, -0.2) is 9.67 Å². The minimum Gasteiger partial charge on any atom is -0.464 e. The first kappa shape index (κ1) is 35.1. The summed E-state index contributed by atoms with van der Waals surface area (Å²) in [7, 11) is 0. The molecule has 0 spiro atoms. The number of aliphatic imine (C=N–C) groups is 1. The number of hydrogen-bond acceptors (Lipinski definition) is 10. The van der Waals surface area contributed by atoms with Gasteiger partial charge in [0, 0.05) is 50.0 Å². The Morgan fingerprint density at radius 1 is 1.10 bits per heavy atom. The Balaban J connectivity index is 1.36. The summed E-state index contributed by atoms with van der Waals surface area (Å²) in [5.74, 6) is -3.87. The maximum atomic E-state index is 14.7. The molecule has 2 aliphatic heterocycles. The zero-order valence-corrected chi connectivity index (χ0v) is 28.3. The van der Waals surface area contributed by atoms with Crippen molar-refractivity contribution in [3.63, 3.8) is 0 Å². The van der Waals surface area contributed by atoms with Crippen LogP contribution in [0.15, 0.2) is 46.1 Å². The summed E-state index contributed by atoms with van der Waals surface area (Å²) in [4.78, 5) is 73.5. The zero-order valence-electron chi connectivity index (χ0n) is 28.3. The van der Waals surface area contributed by atoms with Crippen molar-refractivity contribution in [1.82, 2.24) is 25.2 Å². The standard InChI is InChI=1S/C35H43N7O8/c1-34(2,48)28-19-37-40-42(28)24-18-26(32(46)39-35(29(43)30(36)44)11-14-49-15-12-35)41(20-24)33(47)25(16-21-6-4-3-5-7-21)38-31(45)23-8-9-27-22(17-23)10-13-50-27/h8-10,13,17,19,21,24,26,48H,3-7,11-12,14-16,18,20H2,1-2H3,(H2,36,44)(H,39,46)/t24-,26-/m0/s1. The minimum absolute atomic E-state index is 0.0257. The predicted molar refractivity (Wildman–Crippen MR) is 179 cm³/mol. The second-order valence-corrected chi connectivity index (χ2v) is 14.1. The van der Waals surface area contributed by atoms with Crippen LogP contribution in [0.4, 0.5) is 0 Å². The van der Waals surface area contributed by atoms with Crippen LogP contribution in [0.2, 0.25) is 0 Å². The molecule has 1 aliphatic carbocycles. The van der Waals surface area contributed by atoms with Gasteiger partial charge >= 0.3 is 0 Å². The Labute approximate surface area is 288 Å². The van der Waals surface area contributed by atoms with Crippen molar-refractivity contribution in [3.05, 3.63) is 48.0 Å². The molecule has 3 aromatic rings. The quantitative estimate of drug-likeness (QED) is 0.209. The van der Waals surface area contributed by atoms with Crippen LogP contribution >= 0.6 is 0 Å². The number of rotatable bonds is 10. The molecule has 50 heavy (non-hydrogen) atoms. The normalized spacial score (nSPS) is 21.7. The molecular formula is C35H43N7O8. The van der Waals surface area contributed by atoms with Gasteiger partial charge in [0.1, 0.15) is 28.5 Å². The van der Waals surface area contributed by atoms with E-state index in [-0.39, 0.29) is 62.6 Å². The number of fused-ring (bicyclic) bond motifs is 1. The predicted octanol–water partition coefficient (Wildman–Crippen LogP) is 2.37. The van der Waals surface area contributed by atoms with E-state index in [1.165, 1.54) is 22.0 Å². The third-order valence-electron chi connectivity index (χ3n) is 10.1. The van der Waals surface area contributed by atoms with E-state index >= 15 is 0 Å².